The zero-order valence-electron chi connectivity index (χ0n) is 6.03. The second kappa shape index (κ2) is 3.90. The number of carbonyl (C=O) groups excluding carboxylic acids is 1. The first-order chi connectivity index (χ1) is 5.74. The zero-order valence-corrected chi connectivity index (χ0v) is 6.85. The van der Waals surface area contributed by atoms with Crippen molar-refractivity contribution in [2.45, 2.75) is 0 Å². The topological polar surface area (TPSA) is 60.4 Å². The molecule has 0 aromatic carbocycles. The van der Waals surface area contributed by atoms with Gasteiger partial charge in [-0.25, -0.2) is 0 Å². The van der Waals surface area contributed by atoms with E-state index in [0.717, 1.165) is 11.3 Å². The molecule has 0 saturated carbocycles. The molecule has 12 heavy (non-hydrogen) atoms. The number of aliphatic hydroxyl groups excluding tert-OH is 1. The SMILES string of the molecule is O=C([O-])c1ccc(C#CCO)s1. The minimum Gasteiger partial charge on any atom is -0.544 e. The molecular formula is C8H5O3S-. The van der Waals surface area contributed by atoms with Gasteiger partial charge in [0.05, 0.1) is 15.7 Å². The van der Waals surface area contributed by atoms with E-state index in [2.05, 4.69) is 11.8 Å². The fraction of sp³-hybridized carbons (Fsp3) is 0.125. The standard InChI is InChI=1S/C8H6O3S/c9-5-1-2-6-3-4-7(12-6)8(10)11/h3-4,9H,5H2,(H,10,11)/p-1. The van der Waals surface area contributed by atoms with Crippen LogP contribution in [0.15, 0.2) is 12.1 Å². The van der Waals surface area contributed by atoms with Crippen LogP contribution >= 0.6 is 11.3 Å². The molecule has 1 N–H and O–H groups in total. The molecule has 0 spiro atoms. The molecule has 1 aromatic rings. The second-order valence-electron chi connectivity index (χ2n) is 1.91. The Balaban J connectivity index is 2.84. The Labute approximate surface area is 73.3 Å². The van der Waals surface area contributed by atoms with Gasteiger partial charge in [-0.2, -0.15) is 0 Å². The average Bonchev–Trinajstić information content (AvgIpc) is 2.48. The van der Waals surface area contributed by atoms with Crippen molar-refractivity contribution in [3.63, 3.8) is 0 Å². The van der Waals surface area contributed by atoms with E-state index in [1.54, 1.807) is 6.07 Å². The van der Waals surface area contributed by atoms with Gasteiger partial charge in [-0.15, -0.1) is 11.3 Å². The quantitative estimate of drug-likeness (QED) is 0.592. The molecule has 0 saturated heterocycles. The van der Waals surface area contributed by atoms with Crippen LogP contribution in [0.2, 0.25) is 0 Å². The Bertz CT molecular complexity index is 343. The molecule has 0 atom stereocenters. The van der Waals surface area contributed by atoms with Crippen molar-refractivity contribution in [2.24, 2.45) is 0 Å². The summed E-state index contributed by atoms with van der Waals surface area (Å²) in [6, 6.07) is 3.01. The molecule has 1 rings (SSSR count). The van der Waals surface area contributed by atoms with Gasteiger partial charge in [0, 0.05) is 0 Å². The monoisotopic (exact) mass is 181 g/mol. The zero-order chi connectivity index (χ0) is 8.97. The van der Waals surface area contributed by atoms with Crippen LogP contribution < -0.4 is 5.11 Å². The van der Waals surface area contributed by atoms with Gasteiger partial charge in [-0.1, -0.05) is 11.8 Å². The maximum absolute atomic E-state index is 10.3. The number of carboxylic acid groups (broad SMARTS) is 1. The van der Waals surface area contributed by atoms with E-state index >= 15 is 0 Å². The van der Waals surface area contributed by atoms with Gasteiger partial charge in [0.15, 0.2) is 0 Å². The highest BCUT2D eigenvalue weighted by Crippen LogP contribution is 2.13. The highest BCUT2D eigenvalue weighted by Gasteiger charge is 1.96. The Kier molecular flexibility index (Phi) is 2.86. The number of carboxylic acids is 1. The normalized spacial score (nSPS) is 8.75. The van der Waals surface area contributed by atoms with Gasteiger partial charge >= 0.3 is 0 Å². The first-order valence-corrected chi connectivity index (χ1v) is 3.96. The number of rotatable bonds is 1. The lowest BCUT2D eigenvalue weighted by Crippen LogP contribution is -2.20. The van der Waals surface area contributed by atoms with E-state index in [0.29, 0.717) is 4.88 Å². The molecule has 0 amide bonds. The Morgan fingerprint density at radius 1 is 1.67 bits per heavy atom. The average molecular weight is 181 g/mol. The molecule has 62 valence electrons. The molecule has 0 aliphatic carbocycles. The summed E-state index contributed by atoms with van der Waals surface area (Å²) in [5.41, 5.74) is 0. The van der Waals surface area contributed by atoms with Gasteiger partial charge in [0.1, 0.15) is 6.61 Å². The smallest absolute Gasteiger partial charge is 0.104 e. The molecule has 1 aromatic heterocycles. The molecule has 3 nitrogen and oxygen atoms in total. The third kappa shape index (κ3) is 2.09. The fourth-order valence-electron chi connectivity index (χ4n) is 0.641. The first kappa shape index (κ1) is 8.78. The molecule has 4 heteroatoms. The van der Waals surface area contributed by atoms with E-state index in [4.69, 9.17) is 5.11 Å². The molecule has 0 unspecified atom stereocenters. The minimum absolute atomic E-state index is 0.150. The van der Waals surface area contributed by atoms with Crippen molar-refractivity contribution in [1.29, 1.82) is 0 Å². The summed E-state index contributed by atoms with van der Waals surface area (Å²) < 4.78 is 0. The van der Waals surface area contributed by atoms with Crippen LogP contribution in [0.5, 0.6) is 0 Å². The molecular weight excluding hydrogens is 176 g/mol. The Morgan fingerprint density at radius 2 is 2.42 bits per heavy atom. The van der Waals surface area contributed by atoms with Gasteiger partial charge < -0.3 is 15.0 Å². The minimum atomic E-state index is -1.20. The van der Waals surface area contributed by atoms with Crippen LogP contribution in [-0.2, 0) is 0 Å². The Morgan fingerprint density at radius 3 is 2.92 bits per heavy atom. The third-order valence-electron chi connectivity index (χ3n) is 1.10. The summed E-state index contributed by atoms with van der Waals surface area (Å²) in [5.74, 6) is 3.82. The molecule has 0 aliphatic rings. The first-order valence-electron chi connectivity index (χ1n) is 3.15. The van der Waals surface area contributed by atoms with Crippen molar-refractivity contribution < 1.29 is 15.0 Å². The van der Waals surface area contributed by atoms with E-state index in [-0.39, 0.29) is 11.5 Å². The third-order valence-corrected chi connectivity index (χ3v) is 2.08. The van der Waals surface area contributed by atoms with Crippen LogP contribution in [0.3, 0.4) is 0 Å². The number of hydrogen-bond acceptors (Lipinski definition) is 4. The van der Waals surface area contributed by atoms with Crippen LogP contribution in [0.25, 0.3) is 0 Å². The molecule has 0 bridgehead atoms. The van der Waals surface area contributed by atoms with Gasteiger partial charge in [-0.3, -0.25) is 0 Å². The summed E-state index contributed by atoms with van der Waals surface area (Å²) in [6.45, 7) is -0.224. The van der Waals surface area contributed by atoms with Gasteiger partial charge in [0.25, 0.3) is 0 Å². The summed E-state index contributed by atoms with van der Waals surface area (Å²) >= 11 is 1.03. The lowest BCUT2D eigenvalue weighted by molar-refractivity contribution is -0.254. The Hall–Kier alpha value is -1.31. The van der Waals surface area contributed by atoms with Crippen molar-refractivity contribution in [1.82, 2.24) is 0 Å². The van der Waals surface area contributed by atoms with Gasteiger partial charge in [-0.05, 0) is 12.1 Å². The summed E-state index contributed by atoms with van der Waals surface area (Å²) in [6.07, 6.45) is 0. The largest absolute Gasteiger partial charge is 0.544 e. The number of aliphatic hydroxyl groups is 1. The van der Waals surface area contributed by atoms with Gasteiger partial charge in [0.2, 0.25) is 0 Å². The van der Waals surface area contributed by atoms with Crippen LogP contribution in [0.4, 0.5) is 0 Å². The maximum atomic E-state index is 10.3. The second-order valence-corrected chi connectivity index (χ2v) is 3.00. The van der Waals surface area contributed by atoms with Crippen LogP contribution in [0.1, 0.15) is 14.5 Å². The summed E-state index contributed by atoms with van der Waals surface area (Å²) in [4.78, 5) is 11.1. The summed E-state index contributed by atoms with van der Waals surface area (Å²) in [5, 5.41) is 18.6. The summed E-state index contributed by atoms with van der Waals surface area (Å²) in [7, 11) is 0. The van der Waals surface area contributed by atoms with E-state index in [1.807, 2.05) is 0 Å². The lowest BCUT2D eigenvalue weighted by atomic mass is 10.4. The van der Waals surface area contributed by atoms with E-state index in [9.17, 15) is 9.90 Å². The predicted molar refractivity (Wildman–Crippen MR) is 42.6 cm³/mol. The number of carbonyl (C=O) groups is 1. The highest BCUT2D eigenvalue weighted by molar-refractivity contribution is 7.14. The highest BCUT2D eigenvalue weighted by atomic mass is 32.1. The lowest BCUT2D eigenvalue weighted by Gasteiger charge is -1.92. The number of hydrogen-bond donors (Lipinski definition) is 1. The number of aromatic carboxylic acids is 1. The van der Waals surface area contributed by atoms with Crippen LogP contribution in [-0.4, -0.2) is 17.7 Å². The molecule has 0 aliphatic heterocycles. The van der Waals surface area contributed by atoms with Crippen LogP contribution in [0, 0.1) is 11.8 Å². The molecule has 0 fully saturated rings. The number of thiophene rings is 1. The molecule has 1 heterocycles. The van der Waals surface area contributed by atoms with E-state index in [1.165, 1.54) is 6.07 Å². The van der Waals surface area contributed by atoms with E-state index < -0.39 is 5.97 Å². The fourth-order valence-corrected chi connectivity index (χ4v) is 1.36. The maximum Gasteiger partial charge on any atom is 0.104 e. The van der Waals surface area contributed by atoms with Crippen molar-refractivity contribution in [3.05, 3.63) is 21.9 Å². The predicted octanol–water partition coefficient (Wildman–Crippen LogP) is -0.545. The van der Waals surface area contributed by atoms with Crippen molar-refractivity contribution in [3.8, 4) is 11.8 Å². The van der Waals surface area contributed by atoms with Crippen molar-refractivity contribution >= 4 is 17.3 Å². The van der Waals surface area contributed by atoms with Crippen molar-refractivity contribution in [2.75, 3.05) is 6.61 Å². The molecule has 0 radical (unpaired) electrons.